The number of aryl methyl sites for hydroxylation is 1. The lowest BCUT2D eigenvalue weighted by atomic mass is 10.1. The van der Waals surface area contributed by atoms with Crippen molar-refractivity contribution in [3.05, 3.63) is 89.5 Å². The summed E-state index contributed by atoms with van der Waals surface area (Å²) in [5.74, 6) is -0.997. The van der Waals surface area contributed by atoms with E-state index < -0.39 is 21.9 Å². The maximum absolute atomic E-state index is 12.8. The van der Waals surface area contributed by atoms with E-state index in [2.05, 4.69) is 10.0 Å². The van der Waals surface area contributed by atoms with Crippen LogP contribution in [0, 0.1) is 6.92 Å². The van der Waals surface area contributed by atoms with Gasteiger partial charge in [-0.1, -0.05) is 30.3 Å². The Hall–Kier alpha value is -3.65. The Kier molecular flexibility index (Phi) is 6.71. The first kappa shape index (κ1) is 22.0. The summed E-state index contributed by atoms with van der Waals surface area (Å²) in [5, 5.41) is 2.67. The smallest absolute Gasteiger partial charge is 0.338 e. The standard InChI is InChI=1S/C23H22N2O5S/c1-3-30-23(27)18-10-6-11-19(14-18)24-22(26)17-9-7-12-20(15-17)31(28,29)25-21-13-5-4-8-16(21)2/h4-15,25H,3H2,1-2H3,(H,24,26). The number of carbonyl (C=O) groups is 2. The molecule has 3 aromatic carbocycles. The zero-order chi connectivity index (χ0) is 22.4. The van der Waals surface area contributed by atoms with Crippen molar-refractivity contribution in [1.82, 2.24) is 0 Å². The van der Waals surface area contributed by atoms with Crippen LogP contribution in [-0.4, -0.2) is 26.9 Å². The highest BCUT2D eigenvalue weighted by Gasteiger charge is 2.18. The highest BCUT2D eigenvalue weighted by molar-refractivity contribution is 7.92. The highest BCUT2D eigenvalue weighted by atomic mass is 32.2. The molecule has 0 atom stereocenters. The molecule has 0 spiro atoms. The normalized spacial score (nSPS) is 10.9. The number of hydrogen-bond donors (Lipinski definition) is 2. The predicted octanol–water partition coefficient (Wildman–Crippen LogP) is 4.22. The van der Waals surface area contributed by atoms with Crippen LogP contribution in [-0.2, 0) is 14.8 Å². The van der Waals surface area contributed by atoms with E-state index in [1.807, 2.05) is 6.07 Å². The van der Waals surface area contributed by atoms with Crippen LogP contribution in [0.1, 0.15) is 33.2 Å². The van der Waals surface area contributed by atoms with Crippen molar-refractivity contribution in [3.63, 3.8) is 0 Å². The molecule has 0 aliphatic rings. The highest BCUT2D eigenvalue weighted by Crippen LogP contribution is 2.21. The molecule has 0 aromatic heterocycles. The number of amides is 1. The van der Waals surface area contributed by atoms with Crippen molar-refractivity contribution in [2.45, 2.75) is 18.7 Å². The van der Waals surface area contributed by atoms with E-state index in [9.17, 15) is 18.0 Å². The molecule has 7 nitrogen and oxygen atoms in total. The summed E-state index contributed by atoms with van der Waals surface area (Å²) in [5.41, 5.74) is 2.10. The maximum Gasteiger partial charge on any atom is 0.338 e. The minimum Gasteiger partial charge on any atom is -0.462 e. The average Bonchev–Trinajstić information content (AvgIpc) is 2.76. The zero-order valence-corrected chi connectivity index (χ0v) is 17.9. The number of sulfonamides is 1. The number of nitrogens with one attached hydrogen (secondary N) is 2. The first-order valence-corrected chi connectivity index (χ1v) is 11.1. The zero-order valence-electron chi connectivity index (χ0n) is 17.1. The van der Waals surface area contributed by atoms with Gasteiger partial charge in [-0.25, -0.2) is 13.2 Å². The molecule has 1 amide bonds. The number of rotatable bonds is 7. The number of hydrogen-bond acceptors (Lipinski definition) is 5. The first-order valence-electron chi connectivity index (χ1n) is 9.57. The van der Waals surface area contributed by atoms with E-state index in [1.165, 1.54) is 30.3 Å². The monoisotopic (exact) mass is 438 g/mol. The van der Waals surface area contributed by atoms with Crippen LogP contribution in [0.4, 0.5) is 11.4 Å². The molecule has 0 unspecified atom stereocenters. The van der Waals surface area contributed by atoms with E-state index in [1.54, 1.807) is 50.2 Å². The van der Waals surface area contributed by atoms with E-state index in [4.69, 9.17) is 4.74 Å². The van der Waals surface area contributed by atoms with Crippen LogP contribution in [0.3, 0.4) is 0 Å². The largest absolute Gasteiger partial charge is 0.462 e. The Labute approximate surface area is 181 Å². The summed E-state index contributed by atoms with van der Waals surface area (Å²) in [6.45, 7) is 3.75. The van der Waals surface area contributed by atoms with Crippen molar-refractivity contribution >= 4 is 33.3 Å². The average molecular weight is 439 g/mol. The van der Waals surface area contributed by atoms with Crippen LogP contribution < -0.4 is 10.0 Å². The number of esters is 1. The second kappa shape index (κ2) is 9.44. The lowest BCUT2D eigenvalue weighted by molar-refractivity contribution is 0.0526. The van der Waals surface area contributed by atoms with Gasteiger partial charge < -0.3 is 10.1 Å². The fourth-order valence-electron chi connectivity index (χ4n) is 2.84. The second-order valence-corrected chi connectivity index (χ2v) is 8.39. The molecule has 3 aromatic rings. The summed E-state index contributed by atoms with van der Waals surface area (Å²) in [7, 11) is -3.88. The van der Waals surface area contributed by atoms with Crippen LogP contribution in [0.5, 0.6) is 0 Å². The molecular weight excluding hydrogens is 416 g/mol. The summed E-state index contributed by atoms with van der Waals surface area (Å²) < 4.78 is 33.0. The van der Waals surface area contributed by atoms with Gasteiger partial charge in [0.1, 0.15) is 0 Å². The summed E-state index contributed by atoms with van der Waals surface area (Å²) in [4.78, 5) is 24.5. The molecule has 0 saturated heterocycles. The van der Waals surface area contributed by atoms with E-state index in [0.717, 1.165) is 5.56 Å². The van der Waals surface area contributed by atoms with E-state index in [0.29, 0.717) is 16.9 Å². The predicted molar refractivity (Wildman–Crippen MR) is 119 cm³/mol. The summed E-state index contributed by atoms with van der Waals surface area (Å²) in [6, 6.07) is 19.1. The van der Waals surface area contributed by atoms with Gasteiger partial charge in [-0.3, -0.25) is 9.52 Å². The molecule has 0 fully saturated rings. The fraction of sp³-hybridized carbons (Fsp3) is 0.130. The van der Waals surface area contributed by atoms with Crippen LogP contribution in [0.25, 0.3) is 0 Å². The summed E-state index contributed by atoms with van der Waals surface area (Å²) in [6.07, 6.45) is 0. The Morgan fingerprint density at radius 2 is 1.61 bits per heavy atom. The molecule has 2 N–H and O–H groups in total. The number of carbonyl (C=O) groups excluding carboxylic acids is 2. The van der Waals surface area contributed by atoms with Gasteiger partial charge in [0, 0.05) is 11.3 Å². The van der Waals surface area contributed by atoms with Crippen molar-refractivity contribution in [1.29, 1.82) is 0 Å². The molecule has 31 heavy (non-hydrogen) atoms. The topological polar surface area (TPSA) is 102 Å². The van der Waals surface area contributed by atoms with E-state index in [-0.39, 0.29) is 17.1 Å². The molecule has 0 aliphatic heterocycles. The third-order valence-corrected chi connectivity index (χ3v) is 5.79. The Balaban J connectivity index is 1.80. The van der Waals surface area contributed by atoms with Gasteiger partial charge in [-0.2, -0.15) is 0 Å². The molecule has 0 bridgehead atoms. The molecular formula is C23H22N2O5S. The Morgan fingerprint density at radius 1 is 0.903 bits per heavy atom. The molecule has 0 heterocycles. The molecule has 8 heteroatoms. The minimum absolute atomic E-state index is 0.0383. The first-order chi connectivity index (χ1) is 14.8. The van der Waals surface area contributed by atoms with Crippen LogP contribution in [0.15, 0.2) is 77.7 Å². The minimum atomic E-state index is -3.88. The third kappa shape index (κ3) is 5.49. The second-order valence-electron chi connectivity index (χ2n) is 6.70. The molecule has 160 valence electrons. The summed E-state index contributed by atoms with van der Waals surface area (Å²) >= 11 is 0. The quantitative estimate of drug-likeness (QED) is 0.538. The van der Waals surface area contributed by atoms with Gasteiger partial charge >= 0.3 is 5.97 Å². The lowest BCUT2D eigenvalue weighted by Crippen LogP contribution is -2.16. The molecule has 0 saturated carbocycles. The van der Waals surface area contributed by atoms with Gasteiger partial charge in [-0.05, 0) is 61.9 Å². The Bertz CT molecular complexity index is 1220. The van der Waals surface area contributed by atoms with Gasteiger partial charge in [0.2, 0.25) is 0 Å². The molecule has 3 rings (SSSR count). The lowest BCUT2D eigenvalue weighted by Gasteiger charge is -2.12. The van der Waals surface area contributed by atoms with Gasteiger partial charge in [0.15, 0.2) is 0 Å². The maximum atomic E-state index is 12.8. The Morgan fingerprint density at radius 3 is 2.35 bits per heavy atom. The van der Waals surface area contributed by atoms with Crippen molar-refractivity contribution < 1.29 is 22.7 Å². The van der Waals surface area contributed by atoms with Gasteiger partial charge in [0.25, 0.3) is 15.9 Å². The number of anilines is 2. The van der Waals surface area contributed by atoms with E-state index >= 15 is 0 Å². The molecule has 0 radical (unpaired) electrons. The SMILES string of the molecule is CCOC(=O)c1cccc(NC(=O)c2cccc(S(=O)(=O)Nc3ccccc3C)c2)c1. The van der Waals surface area contributed by atoms with Gasteiger partial charge in [-0.15, -0.1) is 0 Å². The van der Waals surface area contributed by atoms with Crippen molar-refractivity contribution in [2.75, 3.05) is 16.6 Å². The third-order valence-electron chi connectivity index (χ3n) is 4.43. The number of para-hydroxylation sites is 1. The van der Waals surface area contributed by atoms with Crippen LogP contribution >= 0.6 is 0 Å². The van der Waals surface area contributed by atoms with Crippen molar-refractivity contribution in [3.8, 4) is 0 Å². The number of ether oxygens (including phenoxy) is 1. The molecule has 0 aliphatic carbocycles. The van der Waals surface area contributed by atoms with Gasteiger partial charge in [0.05, 0.1) is 22.8 Å². The fourth-order valence-corrected chi connectivity index (χ4v) is 4.01. The van der Waals surface area contributed by atoms with Crippen molar-refractivity contribution in [2.24, 2.45) is 0 Å². The number of benzene rings is 3. The van der Waals surface area contributed by atoms with Crippen LogP contribution in [0.2, 0.25) is 0 Å².